The Balaban J connectivity index is 1.57. The summed E-state index contributed by atoms with van der Waals surface area (Å²) in [6.45, 7) is 4.23. The normalized spacial score (nSPS) is 18.1. The Morgan fingerprint density at radius 2 is 1.81 bits per heavy atom. The van der Waals surface area contributed by atoms with Gasteiger partial charge in [0.25, 0.3) is 0 Å². The van der Waals surface area contributed by atoms with E-state index in [0.717, 1.165) is 25.0 Å². The Kier molecular flexibility index (Phi) is 3.98. The number of hydrogen-bond acceptors (Lipinski definition) is 2. The summed E-state index contributed by atoms with van der Waals surface area (Å²) in [6.07, 6.45) is 3.03. The number of aryl methyl sites for hydroxylation is 2. The molecule has 2 atom stereocenters. The topological polar surface area (TPSA) is 35.2 Å². The van der Waals surface area contributed by atoms with Gasteiger partial charge in [0.05, 0.1) is 0 Å². The molecule has 0 aromatic heterocycles. The monoisotopic (exact) mass is 281 g/mol. The molecule has 2 aromatic rings. The highest BCUT2D eigenvalue weighted by atomic mass is 16.5. The first-order valence-electron chi connectivity index (χ1n) is 7.67. The van der Waals surface area contributed by atoms with E-state index in [4.69, 9.17) is 10.5 Å². The lowest BCUT2D eigenvalue weighted by atomic mass is 9.98. The van der Waals surface area contributed by atoms with Gasteiger partial charge in [-0.3, -0.25) is 0 Å². The highest BCUT2D eigenvalue weighted by Crippen LogP contribution is 2.31. The molecule has 3 rings (SSSR count). The second kappa shape index (κ2) is 5.90. The zero-order valence-corrected chi connectivity index (χ0v) is 12.8. The number of rotatable bonds is 4. The molecular weight excluding hydrogens is 258 g/mol. The smallest absolute Gasteiger partial charge is 0.123 e. The molecule has 0 saturated carbocycles. The fourth-order valence-corrected chi connectivity index (χ4v) is 3.03. The van der Waals surface area contributed by atoms with Crippen LogP contribution in [0, 0.1) is 13.8 Å². The number of benzene rings is 2. The quantitative estimate of drug-likeness (QED) is 0.930. The van der Waals surface area contributed by atoms with Crippen LogP contribution >= 0.6 is 0 Å². The van der Waals surface area contributed by atoms with Crippen LogP contribution < -0.4 is 10.5 Å². The van der Waals surface area contributed by atoms with Crippen molar-refractivity contribution in [1.82, 2.24) is 0 Å². The molecule has 2 nitrogen and oxygen atoms in total. The fourth-order valence-electron chi connectivity index (χ4n) is 3.03. The molecular formula is C19H23NO. The van der Waals surface area contributed by atoms with E-state index < -0.39 is 0 Å². The van der Waals surface area contributed by atoms with Crippen LogP contribution in [0.25, 0.3) is 0 Å². The van der Waals surface area contributed by atoms with Crippen LogP contribution in [0.1, 0.15) is 28.7 Å². The highest BCUT2D eigenvalue weighted by Gasteiger charge is 2.24. The SMILES string of the molecule is Cc1ccc(CC(N)CC2Cc3cc(C)ccc3O2)cc1. The van der Waals surface area contributed by atoms with Gasteiger partial charge in [-0.05, 0) is 37.5 Å². The molecule has 1 aliphatic heterocycles. The first kappa shape index (κ1) is 14.2. The van der Waals surface area contributed by atoms with Gasteiger partial charge in [-0.1, -0.05) is 47.5 Å². The van der Waals surface area contributed by atoms with Crippen LogP contribution in [0.2, 0.25) is 0 Å². The summed E-state index contributed by atoms with van der Waals surface area (Å²) in [7, 11) is 0. The number of hydrogen-bond donors (Lipinski definition) is 1. The molecule has 0 bridgehead atoms. The number of nitrogens with two attached hydrogens (primary N) is 1. The zero-order valence-electron chi connectivity index (χ0n) is 12.8. The average molecular weight is 281 g/mol. The first-order valence-corrected chi connectivity index (χ1v) is 7.67. The Morgan fingerprint density at radius 1 is 1.10 bits per heavy atom. The molecule has 2 aromatic carbocycles. The standard InChI is InChI=1S/C19H23NO/c1-13-3-6-15(7-4-13)10-17(20)12-18-11-16-9-14(2)5-8-19(16)21-18/h3-9,17-18H,10-12,20H2,1-2H3. The molecule has 0 saturated heterocycles. The van der Waals surface area contributed by atoms with Gasteiger partial charge in [-0.15, -0.1) is 0 Å². The molecule has 1 aliphatic rings. The van der Waals surface area contributed by atoms with Gasteiger partial charge in [-0.2, -0.15) is 0 Å². The third kappa shape index (κ3) is 3.45. The molecule has 0 amide bonds. The van der Waals surface area contributed by atoms with Crippen LogP contribution in [-0.4, -0.2) is 12.1 Å². The predicted molar refractivity (Wildman–Crippen MR) is 86.8 cm³/mol. The van der Waals surface area contributed by atoms with Gasteiger partial charge in [-0.25, -0.2) is 0 Å². The van der Waals surface area contributed by atoms with E-state index in [1.807, 2.05) is 0 Å². The van der Waals surface area contributed by atoms with Crippen molar-refractivity contribution in [3.05, 3.63) is 64.7 Å². The highest BCUT2D eigenvalue weighted by molar-refractivity contribution is 5.40. The van der Waals surface area contributed by atoms with Crippen LogP contribution in [0.15, 0.2) is 42.5 Å². The van der Waals surface area contributed by atoms with Gasteiger partial charge in [0.1, 0.15) is 11.9 Å². The second-order valence-electron chi connectivity index (χ2n) is 6.24. The van der Waals surface area contributed by atoms with Crippen LogP contribution in [-0.2, 0) is 12.8 Å². The van der Waals surface area contributed by atoms with E-state index in [0.29, 0.717) is 0 Å². The first-order chi connectivity index (χ1) is 10.1. The molecule has 2 heteroatoms. The van der Waals surface area contributed by atoms with Gasteiger partial charge < -0.3 is 10.5 Å². The van der Waals surface area contributed by atoms with Crippen molar-refractivity contribution in [2.24, 2.45) is 5.73 Å². The molecule has 0 aliphatic carbocycles. The molecule has 2 unspecified atom stereocenters. The molecule has 0 spiro atoms. The van der Waals surface area contributed by atoms with Crippen LogP contribution in [0.5, 0.6) is 5.75 Å². The van der Waals surface area contributed by atoms with Gasteiger partial charge in [0, 0.05) is 18.9 Å². The second-order valence-corrected chi connectivity index (χ2v) is 6.24. The van der Waals surface area contributed by atoms with E-state index in [1.165, 1.54) is 22.3 Å². The van der Waals surface area contributed by atoms with Gasteiger partial charge in [0.15, 0.2) is 0 Å². The fraction of sp³-hybridized carbons (Fsp3) is 0.368. The minimum Gasteiger partial charge on any atom is -0.490 e. The molecule has 0 radical (unpaired) electrons. The van der Waals surface area contributed by atoms with Crippen LogP contribution in [0.4, 0.5) is 0 Å². The summed E-state index contributed by atoms with van der Waals surface area (Å²) in [4.78, 5) is 0. The lowest BCUT2D eigenvalue weighted by molar-refractivity contribution is 0.210. The molecule has 1 heterocycles. The largest absolute Gasteiger partial charge is 0.490 e. The van der Waals surface area contributed by atoms with Crippen molar-refractivity contribution >= 4 is 0 Å². The summed E-state index contributed by atoms with van der Waals surface area (Å²) >= 11 is 0. The minimum atomic E-state index is 0.146. The van der Waals surface area contributed by atoms with Gasteiger partial charge >= 0.3 is 0 Å². The van der Waals surface area contributed by atoms with E-state index >= 15 is 0 Å². The third-order valence-electron chi connectivity index (χ3n) is 4.14. The summed E-state index contributed by atoms with van der Waals surface area (Å²) in [6, 6.07) is 15.2. The van der Waals surface area contributed by atoms with E-state index in [-0.39, 0.29) is 12.1 Å². The van der Waals surface area contributed by atoms with Crippen molar-refractivity contribution in [1.29, 1.82) is 0 Å². The third-order valence-corrected chi connectivity index (χ3v) is 4.14. The minimum absolute atomic E-state index is 0.146. The summed E-state index contributed by atoms with van der Waals surface area (Å²) in [5.74, 6) is 1.04. The van der Waals surface area contributed by atoms with Crippen LogP contribution in [0.3, 0.4) is 0 Å². The summed E-state index contributed by atoms with van der Waals surface area (Å²) in [5.41, 5.74) is 11.5. The Hall–Kier alpha value is -1.80. The Bertz CT molecular complexity index is 618. The van der Waals surface area contributed by atoms with E-state index in [9.17, 15) is 0 Å². The Morgan fingerprint density at radius 3 is 2.57 bits per heavy atom. The van der Waals surface area contributed by atoms with Crippen molar-refractivity contribution in [3.8, 4) is 5.75 Å². The Labute approximate surface area is 126 Å². The van der Waals surface area contributed by atoms with Gasteiger partial charge in [0.2, 0.25) is 0 Å². The van der Waals surface area contributed by atoms with E-state index in [1.54, 1.807) is 0 Å². The van der Waals surface area contributed by atoms with Crippen molar-refractivity contribution in [2.75, 3.05) is 0 Å². The maximum absolute atomic E-state index is 6.31. The van der Waals surface area contributed by atoms with Crippen molar-refractivity contribution in [2.45, 2.75) is 45.3 Å². The maximum atomic E-state index is 6.31. The summed E-state index contributed by atoms with van der Waals surface area (Å²) in [5, 5.41) is 0. The maximum Gasteiger partial charge on any atom is 0.123 e. The van der Waals surface area contributed by atoms with Crippen molar-refractivity contribution in [3.63, 3.8) is 0 Å². The molecule has 2 N–H and O–H groups in total. The lowest BCUT2D eigenvalue weighted by Crippen LogP contribution is -2.30. The number of ether oxygens (including phenoxy) is 1. The zero-order chi connectivity index (χ0) is 14.8. The van der Waals surface area contributed by atoms with Crippen molar-refractivity contribution < 1.29 is 4.74 Å². The predicted octanol–water partition coefficient (Wildman–Crippen LogP) is 3.57. The number of fused-ring (bicyclic) bond motifs is 1. The molecule has 21 heavy (non-hydrogen) atoms. The lowest BCUT2D eigenvalue weighted by Gasteiger charge is -2.17. The average Bonchev–Trinajstić information content (AvgIpc) is 2.82. The van der Waals surface area contributed by atoms with E-state index in [2.05, 4.69) is 56.3 Å². The molecule has 0 fully saturated rings. The summed E-state index contributed by atoms with van der Waals surface area (Å²) < 4.78 is 6.01. The molecule has 110 valence electrons.